The molecule has 1 fully saturated rings. The molecule has 2 rings (SSSR count). The average molecular weight is 252 g/mol. The third kappa shape index (κ3) is 3.35. The van der Waals surface area contributed by atoms with E-state index >= 15 is 0 Å². The molecule has 100 valence electrons. The van der Waals surface area contributed by atoms with Crippen molar-refractivity contribution in [3.63, 3.8) is 0 Å². The molecule has 1 aliphatic rings. The molecule has 0 spiro atoms. The minimum atomic E-state index is -0.566. The van der Waals surface area contributed by atoms with Crippen molar-refractivity contribution in [1.82, 2.24) is 4.90 Å². The molecule has 1 saturated heterocycles. The van der Waals surface area contributed by atoms with Gasteiger partial charge in [0.15, 0.2) is 11.6 Å². The average Bonchev–Trinajstić information content (AvgIpc) is 2.37. The molecule has 2 N–H and O–H groups in total. The zero-order chi connectivity index (χ0) is 13.0. The number of benzene rings is 1. The second-order valence-electron chi connectivity index (χ2n) is 4.93. The molecule has 0 aromatic heterocycles. The first-order valence-electron chi connectivity index (χ1n) is 6.66. The van der Waals surface area contributed by atoms with Gasteiger partial charge in [0.25, 0.3) is 0 Å². The van der Waals surface area contributed by atoms with Gasteiger partial charge < -0.3 is 15.3 Å². The SMILES string of the molecule is CCCN1CCC(Nc2ccc(O)c(F)c2)CC1. The van der Waals surface area contributed by atoms with E-state index in [0.717, 1.165) is 31.6 Å². The Hall–Kier alpha value is -1.29. The summed E-state index contributed by atoms with van der Waals surface area (Å²) in [6.07, 6.45) is 3.37. The molecule has 0 saturated carbocycles. The molecule has 1 aliphatic heterocycles. The Labute approximate surface area is 108 Å². The van der Waals surface area contributed by atoms with E-state index in [1.807, 2.05) is 0 Å². The molecule has 1 aromatic rings. The van der Waals surface area contributed by atoms with Gasteiger partial charge in [-0.15, -0.1) is 0 Å². The zero-order valence-corrected chi connectivity index (χ0v) is 10.8. The highest BCUT2D eigenvalue weighted by Crippen LogP contribution is 2.22. The van der Waals surface area contributed by atoms with Crippen LogP contribution in [-0.2, 0) is 0 Å². The highest BCUT2D eigenvalue weighted by atomic mass is 19.1. The second kappa shape index (κ2) is 6.05. The van der Waals surface area contributed by atoms with Gasteiger partial charge >= 0.3 is 0 Å². The van der Waals surface area contributed by atoms with Gasteiger partial charge in [-0.3, -0.25) is 0 Å². The first-order valence-corrected chi connectivity index (χ1v) is 6.66. The van der Waals surface area contributed by atoms with Crippen LogP contribution in [0.1, 0.15) is 26.2 Å². The van der Waals surface area contributed by atoms with Crippen LogP contribution in [0, 0.1) is 5.82 Å². The standard InChI is InChI=1S/C14H21FN2O/c1-2-7-17-8-5-11(6-9-17)16-12-3-4-14(18)13(15)10-12/h3-4,10-11,16,18H,2,5-9H2,1H3. The summed E-state index contributed by atoms with van der Waals surface area (Å²) in [5, 5.41) is 12.5. The van der Waals surface area contributed by atoms with E-state index in [0.29, 0.717) is 6.04 Å². The van der Waals surface area contributed by atoms with Crippen molar-refractivity contribution in [1.29, 1.82) is 0 Å². The fourth-order valence-corrected chi connectivity index (χ4v) is 2.45. The number of piperidine rings is 1. The maximum Gasteiger partial charge on any atom is 0.166 e. The predicted octanol–water partition coefficient (Wildman–Crippen LogP) is 2.82. The lowest BCUT2D eigenvalue weighted by molar-refractivity contribution is 0.219. The van der Waals surface area contributed by atoms with Crippen LogP contribution in [0.15, 0.2) is 18.2 Å². The van der Waals surface area contributed by atoms with Crippen molar-refractivity contribution in [3.05, 3.63) is 24.0 Å². The summed E-state index contributed by atoms with van der Waals surface area (Å²) in [6, 6.07) is 4.87. The minimum Gasteiger partial charge on any atom is -0.505 e. The van der Waals surface area contributed by atoms with Crippen molar-refractivity contribution in [3.8, 4) is 5.75 Å². The molecule has 0 atom stereocenters. The molecule has 0 aliphatic carbocycles. The number of phenolic OH excluding ortho intramolecular Hbond substituents is 1. The number of halogens is 1. The first-order chi connectivity index (χ1) is 8.69. The van der Waals surface area contributed by atoms with Crippen molar-refractivity contribution < 1.29 is 9.50 Å². The topological polar surface area (TPSA) is 35.5 Å². The molecule has 4 heteroatoms. The van der Waals surface area contributed by atoms with E-state index in [9.17, 15) is 4.39 Å². The largest absolute Gasteiger partial charge is 0.505 e. The van der Waals surface area contributed by atoms with Crippen LogP contribution in [0.5, 0.6) is 5.75 Å². The Balaban J connectivity index is 1.85. The molecule has 18 heavy (non-hydrogen) atoms. The molecule has 0 amide bonds. The highest BCUT2D eigenvalue weighted by molar-refractivity contribution is 5.47. The second-order valence-corrected chi connectivity index (χ2v) is 4.93. The van der Waals surface area contributed by atoms with Crippen LogP contribution in [-0.4, -0.2) is 35.7 Å². The van der Waals surface area contributed by atoms with Crippen LogP contribution >= 0.6 is 0 Å². The van der Waals surface area contributed by atoms with Gasteiger partial charge in [-0.1, -0.05) is 6.92 Å². The van der Waals surface area contributed by atoms with Crippen molar-refractivity contribution in [2.24, 2.45) is 0 Å². The number of hydrogen-bond donors (Lipinski definition) is 2. The van der Waals surface area contributed by atoms with Gasteiger partial charge in [0.1, 0.15) is 0 Å². The summed E-state index contributed by atoms with van der Waals surface area (Å²) in [6.45, 7) is 5.57. The van der Waals surface area contributed by atoms with E-state index in [4.69, 9.17) is 5.11 Å². The molecule has 3 nitrogen and oxygen atoms in total. The Bertz CT molecular complexity index is 389. The molecule has 0 bridgehead atoms. The number of anilines is 1. The maximum atomic E-state index is 13.2. The van der Waals surface area contributed by atoms with E-state index in [1.54, 1.807) is 6.07 Å². The van der Waals surface area contributed by atoms with Crippen LogP contribution in [0.3, 0.4) is 0 Å². The third-order valence-electron chi connectivity index (χ3n) is 3.45. The fraction of sp³-hybridized carbons (Fsp3) is 0.571. The van der Waals surface area contributed by atoms with Gasteiger partial charge in [-0.05, 0) is 37.9 Å². The Morgan fingerprint density at radius 2 is 2.11 bits per heavy atom. The summed E-state index contributed by atoms with van der Waals surface area (Å²) in [4.78, 5) is 2.47. The summed E-state index contributed by atoms with van der Waals surface area (Å²) in [5.41, 5.74) is 0.749. The molecule has 1 heterocycles. The quantitative estimate of drug-likeness (QED) is 0.809. The maximum absolute atomic E-state index is 13.2. The lowest BCUT2D eigenvalue weighted by Gasteiger charge is -2.32. The van der Waals surface area contributed by atoms with E-state index in [2.05, 4.69) is 17.1 Å². The molecular weight excluding hydrogens is 231 g/mol. The number of aromatic hydroxyl groups is 1. The van der Waals surface area contributed by atoms with E-state index in [-0.39, 0.29) is 5.75 Å². The molecular formula is C14H21FN2O. The zero-order valence-electron chi connectivity index (χ0n) is 10.8. The van der Waals surface area contributed by atoms with E-state index < -0.39 is 5.82 Å². The number of rotatable bonds is 4. The van der Waals surface area contributed by atoms with Crippen molar-refractivity contribution in [2.45, 2.75) is 32.2 Å². The Morgan fingerprint density at radius 1 is 1.39 bits per heavy atom. The van der Waals surface area contributed by atoms with Crippen LogP contribution < -0.4 is 5.32 Å². The Kier molecular flexibility index (Phi) is 4.42. The number of phenols is 1. The fourth-order valence-electron chi connectivity index (χ4n) is 2.45. The van der Waals surface area contributed by atoms with Crippen molar-refractivity contribution in [2.75, 3.05) is 25.0 Å². The predicted molar refractivity (Wildman–Crippen MR) is 71.4 cm³/mol. The molecule has 0 radical (unpaired) electrons. The van der Waals surface area contributed by atoms with Gasteiger partial charge in [-0.2, -0.15) is 0 Å². The van der Waals surface area contributed by atoms with Gasteiger partial charge in [0.05, 0.1) is 0 Å². The number of likely N-dealkylation sites (tertiary alicyclic amines) is 1. The lowest BCUT2D eigenvalue weighted by atomic mass is 10.0. The minimum absolute atomic E-state index is 0.293. The number of hydrogen-bond acceptors (Lipinski definition) is 3. The number of nitrogens with zero attached hydrogens (tertiary/aromatic N) is 1. The summed E-state index contributed by atoms with van der Waals surface area (Å²) in [5.74, 6) is -0.860. The summed E-state index contributed by atoms with van der Waals surface area (Å²) >= 11 is 0. The van der Waals surface area contributed by atoms with Gasteiger partial charge in [-0.25, -0.2) is 4.39 Å². The van der Waals surface area contributed by atoms with Crippen molar-refractivity contribution >= 4 is 5.69 Å². The van der Waals surface area contributed by atoms with Crippen LogP contribution in [0.25, 0.3) is 0 Å². The third-order valence-corrected chi connectivity index (χ3v) is 3.45. The summed E-state index contributed by atoms with van der Waals surface area (Å²) in [7, 11) is 0. The molecule has 0 unspecified atom stereocenters. The lowest BCUT2D eigenvalue weighted by Crippen LogP contribution is -2.39. The monoisotopic (exact) mass is 252 g/mol. The smallest absolute Gasteiger partial charge is 0.166 e. The van der Waals surface area contributed by atoms with E-state index in [1.165, 1.54) is 25.1 Å². The normalized spacial score (nSPS) is 17.9. The van der Waals surface area contributed by atoms with Crippen LogP contribution in [0.2, 0.25) is 0 Å². The van der Waals surface area contributed by atoms with Gasteiger partial charge in [0, 0.05) is 30.9 Å². The Morgan fingerprint density at radius 3 is 2.72 bits per heavy atom. The summed E-state index contributed by atoms with van der Waals surface area (Å²) < 4.78 is 13.2. The number of nitrogens with one attached hydrogen (secondary N) is 1. The van der Waals surface area contributed by atoms with Gasteiger partial charge in [0.2, 0.25) is 0 Å². The molecule has 1 aromatic carbocycles. The van der Waals surface area contributed by atoms with Crippen LogP contribution in [0.4, 0.5) is 10.1 Å². The first kappa shape index (κ1) is 13.1. The highest BCUT2D eigenvalue weighted by Gasteiger charge is 2.18.